The minimum atomic E-state index is -0.290. The molecule has 0 aliphatic heterocycles. The van der Waals surface area contributed by atoms with Gasteiger partial charge >= 0.3 is 0 Å². The number of hydrogen-bond acceptors (Lipinski definition) is 4. The van der Waals surface area contributed by atoms with Crippen LogP contribution in [0.4, 0.5) is 5.69 Å². The number of benzene rings is 1. The molecule has 0 atom stereocenters. The molecule has 0 spiro atoms. The molecule has 5 nitrogen and oxygen atoms in total. The maximum absolute atomic E-state index is 11.6. The molecule has 1 amide bonds. The normalized spacial score (nSPS) is 10.7. The van der Waals surface area contributed by atoms with E-state index in [4.69, 9.17) is 0 Å². The first-order chi connectivity index (χ1) is 9.75. The van der Waals surface area contributed by atoms with Crippen LogP contribution in [0.2, 0.25) is 0 Å². The molecule has 102 valence electrons. The highest BCUT2D eigenvalue weighted by molar-refractivity contribution is 6.26. The number of carbonyl (C=O) groups is 1. The molecule has 5 heteroatoms. The van der Waals surface area contributed by atoms with Gasteiger partial charge in [-0.1, -0.05) is 18.2 Å². The van der Waals surface area contributed by atoms with E-state index in [1.54, 1.807) is 12.4 Å². The Bertz CT molecular complexity index is 596. The summed E-state index contributed by atoms with van der Waals surface area (Å²) in [6, 6.07) is 11.4. The molecule has 0 saturated heterocycles. The fourth-order valence-corrected chi connectivity index (χ4v) is 1.60. The number of aromatic nitrogens is 1. The number of aryl methyl sites for hydroxylation is 1. The molecule has 0 unspecified atom stereocenters. The largest absolute Gasteiger partial charge is 0.286 e. The summed E-state index contributed by atoms with van der Waals surface area (Å²) in [5, 5.41) is 0. The second-order valence-corrected chi connectivity index (χ2v) is 4.24. The number of hydrogen-bond donors (Lipinski definition) is 2. The molecule has 0 aliphatic rings. The van der Waals surface area contributed by atoms with Crippen molar-refractivity contribution >= 4 is 17.8 Å². The molecule has 2 aromatic rings. The first-order valence-corrected chi connectivity index (χ1v) is 6.27. The summed E-state index contributed by atoms with van der Waals surface area (Å²) < 4.78 is 0. The average molecular weight is 268 g/mol. The van der Waals surface area contributed by atoms with Crippen LogP contribution in [0.5, 0.6) is 0 Å². The Morgan fingerprint density at radius 1 is 1.25 bits per heavy atom. The van der Waals surface area contributed by atoms with Gasteiger partial charge in [-0.3, -0.25) is 20.2 Å². The van der Waals surface area contributed by atoms with Gasteiger partial charge in [-0.05, 0) is 36.2 Å². The number of carbonyl (C=O) groups excluding carboxylic acids is 1. The smallest absolute Gasteiger partial charge is 0.276 e. The van der Waals surface area contributed by atoms with Crippen LogP contribution in [-0.4, -0.2) is 17.1 Å². The summed E-state index contributed by atoms with van der Waals surface area (Å²) >= 11 is 0. The summed E-state index contributed by atoms with van der Waals surface area (Å²) in [5.41, 5.74) is 8.25. The highest BCUT2D eigenvalue weighted by Gasteiger charge is 1.97. The van der Waals surface area contributed by atoms with E-state index in [-0.39, 0.29) is 5.91 Å². The van der Waals surface area contributed by atoms with Gasteiger partial charge in [0.05, 0.1) is 11.9 Å². The predicted molar refractivity (Wildman–Crippen MR) is 78.6 cm³/mol. The lowest BCUT2D eigenvalue weighted by molar-refractivity contribution is -0.115. The Labute approximate surface area is 117 Å². The summed E-state index contributed by atoms with van der Waals surface area (Å²) in [6.45, 7) is 2.48. The topological polar surface area (TPSA) is 66.4 Å². The number of para-hydroxylation sites is 1. The van der Waals surface area contributed by atoms with Gasteiger partial charge in [0, 0.05) is 18.9 Å². The summed E-state index contributed by atoms with van der Waals surface area (Å²) in [4.78, 5) is 19.7. The van der Waals surface area contributed by atoms with E-state index >= 15 is 0 Å². The number of aliphatic imine (C=N–C) groups is 1. The lowest BCUT2D eigenvalue weighted by Gasteiger charge is -2.04. The van der Waals surface area contributed by atoms with Crippen LogP contribution in [0.25, 0.3) is 0 Å². The van der Waals surface area contributed by atoms with Crippen molar-refractivity contribution in [1.29, 1.82) is 0 Å². The third-order valence-electron chi connectivity index (χ3n) is 2.69. The van der Waals surface area contributed by atoms with Gasteiger partial charge in [0.1, 0.15) is 0 Å². The van der Waals surface area contributed by atoms with Crippen LogP contribution in [0, 0.1) is 6.92 Å². The molecule has 1 aromatic carbocycles. The minimum Gasteiger partial charge on any atom is -0.286 e. The second-order valence-electron chi connectivity index (χ2n) is 4.24. The highest BCUT2D eigenvalue weighted by atomic mass is 16.2. The first-order valence-electron chi connectivity index (χ1n) is 6.27. The van der Waals surface area contributed by atoms with Gasteiger partial charge in [-0.15, -0.1) is 0 Å². The Kier molecular flexibility index (Phi) is 4.97. The molecule has 2 N–H and O–H groups in total. The summed E-state index contributed by atoms with van der Waals surface area (Å²) in [7, 11) is 0. The number of amides is 1. The third-order valence-corrected chi connectivity index (χ3v) is 2.69. The molecule has 0 bridgehead atoms. The molecule has 0 aliphatic carbocycles. The zero-order valence-electron chi connectivity index (χ0n) is 11.2. The average Bonchev–Trinajstić information content (AvgIpc) is 2.47. The van der Waals surface area contributed by atoms with E-state index in [2.05, 4.69) is 20.8 Å². The Hall–Kier alpha value is -2.53. The molecule has 0 saturated carbocycles. The lowest BCUT2D eigenvalue weighted by atomic mass is 10.2. The van der Waals surface area contributed by atoms with Crippen molar-refractivity contribution in [3.8, 4) is 0 Å². The van der Waals surface area contributed by atoms with Crippen LogP contribution < -0.4 is 10.9 Å². The van der Waals surface area contributed by atoms with Gasteiger partial charge in [-0.2, -0.15) is 0 Å². The molecule has 0 radical (unpaired) electrons. The van der Waals surface area contributed by atoms with Crippen molar-refractivity contribution in [2.24, 2.45) is 4.99 Å². The molecular formula is C15H16N4O. The summed E-state index contributed by atoms with van der Waals surface area (Å²) in [6.07, 6.45) is 4.68. The van der Waals surface area contributed by atoms with Crippen molar-refractivity contribution in [3.05, 3.63) is 59.9 Å². The van der Waals surface area contributed by atoms with Gasteiger partial charge in [0.15, 0.2) is 0 Å². The lowest BCUT2D eigenvalue weighted by Crippen LogP contribution is -2.37. The van der Waals surface area contributed by atoms with Crippen molar-refractivity contribution in [3.63, 3.8) is 0 Å². The first kappa shape index (κ1) is 13.9. The zero-order valence-corrected chi connectivity index (χ0v) is 11.2. The fourth-order valence-electron chi connectivity index (χ4n) is 1.60. The van der Waals surface area contributed by atoms with E-state index in [1.807, 2.05) is 43.3 Å². The number of pyridine rings is 1. The van der Waals surface area contributed by atoms with Crippen molar-refractivity contribution in [2.45, 2.75) is 13.5 Å². The zero-order chi connectivity index (χ0) is 14.2. The summed E-state index contributed by atoms with van der Waals surface area (Å²) in [5.74, 6) is -0.290. The molecule has 0 fully saturated rings. The van der Waals surface area contributed by atoms with Crippen molar-refractivity contribution < 1.29 is 4.79 Å². The quantitative estimate of drug-likeness (QED) is 0.643. The minimum absolute atomic E-state index is 0.290. The van der Waals surface area contributed by atoms with Gasteiger partial charge in [-0.25, -0.2) is 5.43 Å². The van der Waals surface area contributed by atoms with Gasteiger partial charge < -0.3 is 0 Å². The maximum atomic E-state index is 11.6. The number of rotatable bonds is 5. The predicted octanol–water partition coefficient (Wildman–Crippen LogP) is 1.91. The molecule has 20 heavy (non-hydrogen) atoms. The van der Waals surface area contributed by atoms with Crippen LogP contribution in [0.15, 0.2) is 53.8 Å². The van der Waals surface area contributed by atoms with Gasteiger partial charge in [0.25, 0.3) is 5.91 Å². The third kappa shape index (κ3) is 4.29. The monoisotopic (exact) mass is 268 g/mol. The highest BCUT2D eigenvalue weighted by Crippen LogP contribution is 2.15. The van der Waals surface area contributed by atoms with Crippen molar-refractivity contribution in [2.75, 3.05) is 0 Å². The van der Waals surface area contributed by atoms with E-state index < -0.39 is 0 Å². The van der Waals surface area contributed by atoms with Crippen LogP contribution in [0.3, 0.4) is 0 Å². The number of nitrogens with zero attached hydrogens (tertiary/aromatic N) is 2. The number of nitrogens with one attached hydrogen (secondary N) is 2. The SMILES string of the molecule is Cc1ccccc1N=CC(=O)NNCc1ccncc1. The maximum Gasteiger partial charge on any atom is 0.276 e. The van der Waals surface area contributed by atoms with E-state index in [1.165, 1.54) is 6.21 Å². The molecular weight excluding hydrogens is 252 g/mol. The van der Waals surface area contributed by atoms with E-state index in [0.29, 0.717) is 6.54 Å². The van der Waals surface area contributed by atoms with Crippen LogP contribution in [0.1, 0.15) is 11.1 Å². The van der Waals surface area contributed by atoms with Crippen LogP contribution >= 0.6 is 0 Å². The Balaban J connectivity index is 1.80. The molecule has 1 heterocycles. The van der Waals surface area contributed by atoms with E-state index in [0.717, 1.165) is 16.8 Å². The standard InChI is InChI=1S/C15H16N4O/c1-12-4-2-3-5-14(12)17-11-15(20)19-18-10-13-6-8-16-9-7-13/h2-9,11,18H,10H2,1H3,(H,19,20). The fraction of sp³-hybridized carbons (Fsp3) is 0.133. The van der Waals surface area contributed by atoms with Gasteiger partial charge in [0.2, 0.25) is 0 Å². The van der Waals surface area contributed by atoms with E-state index in [9.17, 15) is 4.79 Å². The Morgan fingerprint density at radius 2 is 2.00 bits per heavy atom. The second kappa shape index (κ2) is 7.16. The van der Waals surface area contributed by atoms with Crippen LogP contribution in [-0.2, 0) is 11.3 Å². The number of hydrazine groups is 1. The Morgan fingerprint density at radius 3 is 2.75 bits per heavy atom. The molecule has 2 rings (SSSR count). The molecule has 1 aromatic heterocycles. The van der Waals surface area contributed by atoms with Crippen molar-refractivity contribution in [1.82, 2.24) is 15.8 Å².